The third kappa shape index (κ3) is 3.39. The van der Waals surface area contributed by atoms with Crippen LogP contribution in [0, 0.1) is 18.7 Å². The highest BCUT2D eigenvalue weighted by Gasteiger charge is 2.38. The van der Waals surface area contributed by atoms with Crippen LogP contribution in [0.15, 0.2) is 78.9 Å². The van der Waals surface area contributed by atoms with E-state index in [0.717, 1.165) is 28.9 Å². The summed E-state index contributed by atoms with van der Waals surface area (Å²) in [6.45, 7) is 1.98. The quantitative estimate of drug-likeness (QED) is 0.515. The Morgan fingerprint density at radius 1 is 1.07 bits per heavy atom. The van der Waals surface area contributed by atoms with E-state index in [2.05, 4.69) is 28.9 Å². The second-order valence-corrected chi connectivity index (χ2v) is 8.15. The highest BCUT2D eigenvalue weighted by Crippen LogP contribution is 2.50. The average Bonchev–Trinajstić information content (AvgIpc) is 3.24. The van der Waals surface area contributed by atoms with Crippen molar-refractivity contribution in [2.24, 2.45) is 5.92 Å². The SMILES string of the molecule is Cc1cccc(C(=O)Nc2ccc3c(c2)C2C=CCC2C(c2ccc(F)cc2)N3)c1. The van der Waals surface area contributed by atoms with E-state index < -0.39 is 0 Å². The van der Waals surface area contributed by atoms with Crippen molar-refractivity contribution in [3.63, 3.8) is 0 Å². The summed E-state index contributed by atoms with van der Waals surface area (Å²) < 4.78 is 13.4. The van der Waals surface area contributed by atoms with E-state index in [-0.39, 0.29) is 23.7 Å². The molecule has 4 heteroatoms. The van der Waals surface area contributed by atoms with Gasteiger partial charge >= 0.3 is 0 Å². The van der Waals surface area contributed by atoms with E-state index in [1.165, 1.54) is 17.7 Å². The lowest BCUT2D eigenvalue weighted by atomic mass is 9.77. The number of hydrogen-bond donors (Lipinski definition) is 2. The van der Waals surface area contributed by atoms with E-state index in [4.69, 9.17) is 0 Å². The monoisotopic (exact) mass is 398 g/mol. The Bertz CT molecular complexity index is 1140. The van der Waals surface area contributed by atoms with Crippen LogP contribution in [0.4, 0.5) is 15.8 Å². The molecule has 0 spiro atoms. The lowest BCUT2D eigenvalue weighted by molar-refractivity contribution is 0.102. The van der Waals surface area contributed by atoms with E-state index in [1.54, 1.807) is 0 Å². The van der Waals surface area contributed by atoms with Crippen LogP contribution >= 0.6 is 0 Å². The van der Waals surface area contributed by atoms with Gasteiger partial charge in [-0.3, -0.25) is 4.79 Å². The van der Waals surface area contributed by atoms with Gasteiger partial charge in [0.05, 0.1) is 6.04 Å². The molecule has 3 aromatic rings. The number of nitrogens with one attached hydrogen (secondary N) is 2. The summed E-state index contributed by atoms with van der Waals surface area (Å²) in [5.41, 5.74) is 5.85. The van der Waals surface area contributed by atoms with Crippen LogP contribution in [0.1, 0.15) is 45.4 Å². The Kier molecular flexibility index (Phi) is 4.62. The van der Waals surface area contributed by atoms with Gasteiger partial charge in [0.25, 0.3) is 5.91 Å². The number of halogens is 1. The Morgan fingerprint density at radius 2 is 1.90 bits per heavy atom. The van der Waals surface area contributed by atoms with Crippen molar-refractivity contribution in [3.8, 4) is 0 Å². The number of fused-ring (bicyclic) bond motifs is 3. The van der Waals surface area contributed by atoms with E-state index in [9.17, 15) is 9.18 Å². The van der Waals surface area contributed by atoms with Gasteiger partial charge < -0.3 is 10.6 Å². The zero-order chi connectivity index (χ0) is 20.7. The van der Waals surface area contributed by atoms with E-state index >= 15 is 0 Å². The van der Waals surface area contributed by atoms with Gasteiger partial charge in [0, 0.05) is 22.9 Å². The first-order valence-corrected chi connectivity index (χ1v) is 10.3. The molecule has 150 valence electrons. The van der Waals surface area contributed by atoms with Crippen LogP contribution in [0.2, 0.25) is 0 Å². The summed E-state index contributed by atoms with van der Waals surface area (Å²) in [5.74, 6) is 0.313. The molecule has 3 atom stereocenters. The molecular weight excluding hydrogens is 375 g/mol. The van der Waals surface area contributed by atoms with E-state index in [1.807, 2.05) is 55.5 Å². The maximum absolute atomic E-state index is 13.4. The molecule has 2 N–H and O–H groups in total. The van der Waals surface area contributed by atoms with Gasteiger partial charge in [0.15, 0.2) is 0 Å². The van der Waals surface area contributed by atoms with Crippen molar-refractivity contribution >= 4 is 17.3 Å². The van der Waals surface area contributed by atoms with Crippen molar-refractivity contribution in [2.45, 2.75) is 25.3 Å². The van der Waals surface area contributed by atoms with Gasteiger partial charge in [-0.2, -0.15) is 0 Å². The Labute approximate surface area is 175 Å². The molecule has 2 aliphatic rings. The predicted molar refractivity (Wildman–Crippen MR) is 118 cm³/mol. The Balaban J connectivity index is 1.43. The first-order chi connectivity index (χ1) is 14.6. The number of anilines is 2. The molecule has 0 bridgehead atoms. The van der Waals surface area contributed by atoms with Crippen LogP contribution in [-0.2, 0) is 0 Å². The van der Waals surface area contributed by atoms with Crippen molar-refractivity contribution in [2.75, 3.05) is 10.6 Å². The second kappa shape index (κ2) is 7.45. The summed E-state index contributed by atoms with van der Waals surface area (Å²) in [4.78, 5) is 12.7. The maximum Gasteiger partial charge on any atom is 0.255 e. The summed E-state index contributed by atoms with van der Waals surface area (Å²) in [6, 6.07) is 20.5. The lowest BCUT2D eigenvalue weighted by Crippen LogP contribution is -2.29. The number of hydrogen-bond acceptors (Lipinski definition) is 2. The smallest absolute Gasteiger partial charge is 0.255 e. The van der Waals surface area contributed by atoms with Crippen molar-refractivity contribution < 1.29 is 9.18 Å². The average molecular weight is 398 g/mol. The number of carbonyl (C=O) groups excluding carboxylic acids is 1. The number of carbonyl (C=O) groups is 1. The molecule has 30 heavy (non-hydrogen) atoms. The first-order valence-electron chi connectivity index (χ1n) is 10.3. The van der Waals surface area contributed by atoms with Gasteiger partial charge in [-0.05, 0) is 72.9 Å². The van der Waals surface area contributed by atoms with Gasteiger partial charge in [-0.1, -0.05) is 42.0 Å². The summed E-state index contributed by atoms with van der Waals surface area (Å²) in [6.07, 6.45) is 5.45. The van der Waals surface area contributed by atoms with Crippen LogP contribution < -0.4 is 10.6 Å². The number of allylic oxidation sites excluding steroid dienone is 2. The minimum absolute atomic E-state index is 0.106. The minimum Gasteiger partial charge on any atom is -0.378 e. The largest absolute Gasteiger partial charge is 0.378 e. The number of rotatable bonds is 3. The summed E-state index contributed by atoms with van der Waals surface area (Å²) in [5, 5.41) is 6.68. The van der Waals surface area contributed by atoms with Gasteiger partial charge in [0.2, 0.25) is 0 Å². The zero-order valence-corrected chi connectivity index (χ0v) is 16.7. The van der Waals surface area contributed by atoms with Crippen molar-refractivity contribution in [3.05, 3.63) is 107 Å². The van der Waals surface area contributed by atoms with Crippen molar-refractivity contribution in [1.82, 2.24) is 0 Å². The highest BCUT2D eigenvalue weighted by atomic mass is 19.1. The Hall–Kier alpha value is -3.40. The zero-order valence-electron chi connectivity index (χ0n) is 16.7. The molecule has 0 saturated carbocycles. The second-order valence-electron chi connectivity index (χ2n) is 8.15. The fourth-order valence-electron chi connectivity index (χ4n) is 4.66. The van der Waals surface area contributed by atoms with Gasteiger partial charge in [-0.25, -0.2) is 4.39 Å². The fourth-order valence-corrected chi connectivity index (χ4v) is 4.66. The molecule has 0 aromatic heterocycles. The molecule has 3 unspecified atom stereocenters. The maximum atomic E-state index is 13.4. The summed E-state index contributed by atoms with van der Waals surface area (Å²) in [7, 11) is 0. The third-order valence-corrected chi connectivity index (χ3v) is 6.13. The fraction of sp³-hybridized carbons (Fsp3) is 0.192. The number of amides is 1. The molecule has 1 aliphatic heterocycles. The molecule has 3 aromatic carbocycles. The highest BCUT2D eigenvalue weighted by molar-refractivity contribution is 6.04. The molecule has 5 rings (SSSR count). The predicted octanol–water partition coefficient (Wildman–Crippen LogP) is 6.21. The normalized spacial score (nSPS) is 21.5. The first kappa shape index (κ1) is 18.6. The molecule has 1 aliphatic carbocycles. The van der Waals surface area contributed by atoms with Crippen LogP contribution in [0.3, 0.4) is 0 Å². The molecule has 0 saturated heterocycles. The van der Waals surface area contributed by atoms with Crippen LogP contribution in [-0.4, -0.2) is 5.91 Å². The van der Waals surface area contributed by atoms with Gasteiger partial charge in [-0.15, -0.1) is 0 Å². The molecule has 1 heterocycles. The number of aryl methyl sites for hydroxylation is 1. The number of benzene rings is 3. The molecule has 0 radical (unpaired) electrons. The third-order valence-electron chi connectivity index (χ3n) is 6.13. The molecular formula is C26H23FN2O. The lowest BCUT2D eigenvalue weighted by Gasteiger charge is -2.37. The summed E-state index contributed by atoms with van der Waals surface area (Å²) >= 11 is 0. The van der Waals surface area contributed by atoms with E-state index in [0.29, 0.717) is 11.5 Å². The molecule has 1 amide bonds. The standard InChI is InChI=1S/C26H23FN2O/c1-16-4-2-5-18(14-16)26(30)28-20-12-13-24-23(15-20)21-6-3-7-22(21)25(29-24)17-8-10-19(27)11-9-17/h2-6,8-15,21-22,25,29H,7H2,1H3,(H,28,30). The topological polar surface area (TPSA) is 41.1 Å². The van der Waals surface area contributed by atoms with Crippen LogP contribution in [0.5, 0.6) is 0 Å². The molecule has 3 nitrogen and oxygen atoms in total. The molecule has 0 fully saturated rings. The van der Waals surface area contributed by atoms with Crippen LogP contribution in [0.25, 0.3) is 0 Å². The minimum atomic E-state index is -0.218. The van der Waals surface area contributed by atoms with Crippen molar-refractivity contribution in [1.29, 1.82) is 0 Å². The Morgan fingerprint density at radius 3 is 2.70 bits per heavy atom. The van der Waals surface area contributed by atoms with Gasteiger partial charge in [0.1, 0.15) is 5.82 Å².